The average Bonchev–Trinajstić information content (AvgIpc) is 2.84. The zero-order valence-electron chi connectivity index (χ0n) is 22.8. The molecule has 0 fully saturated rings. The van der Waals surface area contributed by atoms with Gasteiger partial charge in [0, 0.05) is 0 Å². The first-order valence-electron chi connectivity index (χ1n) is 14.0. The van der Waals surface area contributed by atoms with Crippen LogP contribution in [0.3, 0.4) is 0 Å². The molecule has 0 spiro atoms. The molecule has 0 amide bonds. The van der Waals surface area contributed by atoms with Gasteiger partial charge in [-0.2, -0.15) is 0 Å². The fourth-order valence-electron chi connectivity index (χ4n) is 4.12. The third-order valence-electron chi connectivity index (χ3n) is 6.60. The highest BCUT2D eigenvalue weighted by molar-refractivity contribution is 5.83. The molecular weight excluding hydrogens is 464 g/mol. The lowest BCUT2D eigenvalue weighted by molar-refractivity contribution is -0.160. The van der Waals surface area contributed by atoms with Crippen molar-refractivity contribution in [1.82, 2.24) is 0 Å². The topological polar surface area (TPSA) is 127 Å². The van der Waals surface area contributed by atoms with Crippen LogP contribution in [0, 0.1) is 17.8 Å². The Morgan fingerprint density at radius 3 is 1.53 bits per heavy atom. The van der Waals surface area contributed by atoms with Gasteiger partial charge in [0.1, 0.15) is 0 Å². The van der Waals surface area contributed by atoms with Gasteiger partial charge in [-0.3, -0.25) is 19.2 Å². The lowest BCUT2D eigenvalue weighted by atomic mass is 9.84. The first kappa shape index (κ1) is 33.9. The molecule has 0 radical (unpaired) electrons. The van der Waals surface area contributed by atoms with E-state index in [1.165, 1.54) is 45.4 Å². The Bertz CT molecular complexity index is 619. The summed E-state index contributed by atoms with van der Waals surface area (Å²) in [6, 6.07) is 0. The summed E-state index contributed by atoms with van der Waals surface area (Å²) in [5, 5.41) is 18.8. The summed E-state index contributed by atoms with van der Waals surface area (Å²) in [6.07, 6.45) is 14.4. The van der Waals surface area contributed by atoms with Crippen molar-refractivity contribution < 1.29 is 38.9 Å². The Hall–Kier alpha value is -2.12. The number of carbonyl (C=O) groups excluding carboxylic acids is 2. The van der Waals surface area contributed by atoms with Crippen molar-refractivity contribution in [3.63, 3.8) is 0 Å². The van der Waals surface area contributed by atoms with Gasteiger partial charge in [0.2, 0.25) is 0 Å². The highest BCUT2D eigenvalue weighted by Crippen LogP contribution is 2.25. The third-order valence-corrected chi connectivity index (χ3v) is 6.60. The molecule has 8 heteroatoms. The van der Waals surface area contributed by atoms with Gasteiger partial charge in [-0.15, -0.1) is 0 Å². The van der Waals surface area contributed by atoms with Crippen molar-refractivity contribution in [2.24, 2.45) is 17.8 Å². The summed E-state index contributed by atoms with van der Waals surface area (Å²) in [7, 11) is 0. The summed E-state index contributed by atoms with van der Waals surface area (Å²) < 4.78 is 10.6. The number of carboxylic acids is 2. The second kappa shape index (κ2) is 22.1. The quantitative estimate of drug-likeness (QED) is 0.112. The number of hydrogen-bond donors (Lipinski definition) is 2. The van der Waals surface area contributed by atoms with E-state index in [2.05, 4.69) is 13.8 Å². The van der Waals surface area contributed by atoms with Gasteiger partial charge in [0.15, 0.2) is 0 Å². The number of esters is 2. The van der Waals surface area contributed by atoms with E-state index in [1.54, 1.807) is 0 Å². The molecule has 0 saturated carbocycles. The van der Waals surface area contributed by atoms with E-state index in [4.69, 9.17) is 9.47 Å². The zero-order valence-corrected chi connectivity index (χ0v) is 22.8. The minimum Gasteiger partial charge on any atom is -0.481 e. The van der Waals surface area contributed by atoms with Crippen LogP contribution in [0.5, 0.6) is 0 Å². The zero-order chi connectivity index (χ0) is 27.2. The number of carbonyl (C=O) groups is 4. The molecule has 8 nitrogen and oxygen atoms in total. The van der Waals surface area contributed by atoms with E-state index in [9.17, 15) is 29.4 Å². The van der Waals surface area contributed by atoms with Gasteiger partial charge in [0.25, 0.3) is 0 Å². The van der Waals surface area contributed by atoms with E-state index in [-0.39, 0.29) is 26.1 Å². The van der Waals surface area contributed by atoms with E-state index >= 15 is 0 Å². The summed E-state index contributed by atoms with van der Waals surface area (Å²) >= 11 is 0. The number of ether oxygens (including phenoxy) is 2. The van der Waals surface area contributed by atoms with Gasteiger partial charge in [-0.05, 0) is 19.3 Å². The number of unbranched alkanes of at least 4 members (excludes halogenated alkanes) is 12. The second-order valence-electron chi connectivity index (χ2n) is 9.84. The molecule has 0 aliphatic heterocycles. The maximum absolute atomic E-state index is 12.7. The van der Waals surface area contributed by atoms with Crippen molar-refractivity contribution in [3.05, 3.63) is 0 Å². The normalized spacial score (nSPS) is 13.5. The Kier molecular flexibility index (Phi) is 20.8. The molecule has 0 rings (SSSR count). The van der Waals surface area contributed by atoms with Gasteiger partial charge in [-0.25, -0.2) is 0 Å². The first-order valence-corrected chi connectivity index (χ1v) is 14.0. The minimum atomic E-state index is -1.31. The Morgan fingerprint density at radius 1 is 0.639 bits per heavy atom. The molecule has 0 aliphatic carbocycles. The highest BCUT2D eigenvalue weighted by atomic mass is 16.5. The molecule has 3 atom stereocenters. The van der Waals surface area contributed by atoms with Crippen LogP contribution in [0.2, 0.25) is 0 Å². The van der Waals surface area contributed by atoms with Crippen molar-refractivity contribution in [2.45, 2.75) is 124 Å². The summed E-state index contributed by atoms with van der Waals surface area (Å²) in [4.78, 5) is 48.2. The van der Waals surface area contributed by atoms with Crippen LogP contribution >= 0.6 is 0 Å². The molecule has 0 bridgehead atoms. The largest absolute Gasteiger partial charge is 0.481 e. The number of hydrogen-bond acceptors (Lipinski definition) is 6. The van der Waals surface area contributed by atoms with Gasteiger partial charge < -0.3 is 19.7 Å². The highest BCUT2D eigenvalue weighted by Gasteiger charge is 2.36. The van der Waals surface area contributed by atoms with Crippen molar-refractivity contribution in [1.29, 1.82) is 0 Å². The minimum absolute atomic E-state index is 0.197. The Morgan fingerprint density at radius 2 is 1.08 bits per heavy atom. The lowest BCUT2D eigenvalue weighted by Crippen LogP contribution is -2.33. The van der Waals surface area contributed by atoms with Gasteiger partial charge >= 0.3 is 23.9 Å². The summed E-state index contributed by atoms with van der Waals surface area (Å²) in [5.41, 5.74) is 0. The van der Waals surface area contributed by atoms with Crippen LogP contribution in [-0.4, -0.2) is 47.3 Å². The monoisotopic (exact) mass is 514 g/mol. The van der Waals surface area contributed by atoms with Gasteiger partial charge in [-0.1, -0.05) is 97.8 Å². The molecule has 36 heavy (non-hydrogen) atoms. The van der Waals surface area contributed by atoms with Crippen molar-refractivity contribution >= 4 is 23.9 Å². The maximum Gasteiger partial charge on any atom is 0.309 e. The van der Waals surface area contributed by atoms with E-state index < -0.39 is 41.6 Å². The molecule has 3 unspecified atom stereocenters. The Labute approximate surface area is 217 Å². The second-order valence-corrected chi connectivity index (χ2v) is 9.84. The summed E-state index contributed by atoms with van der Waals surface area (Å²) in [5.74, 6) is -7.41. The number of aliphatic carboxylic acids is 2. The van der Waals surface area contributed by atoms with E-state index in [0.29, 0.717) is 6.42 Å². The molecular formula is C28H50O8. The van der Waals surface area contributed by atoms with Crippen molar-refractivity contribution in [2.75, 3.05) is 13.2 Å². The maximum atomic E-state index is 12.7. The molecule has 210 valence electrons. The van der Waals surface area contributed by atoms with E-state index in [1.807, 2.05) is 0 Å². The van der Waals surface area contributed by atoms with Crippen LogP contribution in [0.4, 0.5) is 0 Å². The predicted octanol–water partition coefficient (Wildman–Crippen LogP) is 6.39. The Balaban J connectivity index is 4.74. The first-order chi connectivity index (χ1) is 17.2. The van der Waals surface area contributed by atoms with Crippen LogP contribution in [0.1, 0.15) is 124 Å². The third kappa shape index (κ3) is 17.3. The molecule has 0 aromatic carbocycles. The van der Waals surface area contributed by atoms with Crippen LogP contribution in [0.15, 0.2) is 0 Å². The van der Waals surface area contributed by atoms with E-state index in [0.717, 1.165) is 44.9 Å². The fourth-order valence-corrected chi connectivity index (χ4v) is 4.12. The standard InChI is InChI=1S/C28H50O8/c1-4-6-8-10-12-14-16-18-35-25(29)21-23(20-24(27(32)33)22(3)26(30)31)28(34)36-19-17-15-13-11-9-7-5-2/h22-24H,4-21H2,1-3H3,(H,30,31)(H,32,33). The lowest BCUT2D eigenvalue weighted by Gasteiger charge is -2.22. The smallest absolute Gasteiger partial charge is 0.309 e. The SMILES string of the molecule is CCCCCCCCCOC(=O)CC(CC(C(=O)O)C(C)C(=O)O)C(=O)OCCCCCCCCC. The van der Waals surface area contributed by atoms with Crippen molar-refractivity contribution in [3.8, 4) is 0 Å². The molecule has 0 heterocycles. The average molecular weight is 515 g/mol. The number of rotatable bonds is 24. The van der Waals surface area contributed by atoms with Crippen LogP contribution in [0.25, 0.3) is 0 Å². The fraction of sp³-hybridized carbons (Fsp3) is 0.857. The van der Waals surface area contributed by atoms with Crippen LogP contribution < -0.4 is 0 Å². The van der Waals surface area contributed by atoms with Crippen LogP contribution in [-0.2, 0) is 28.7 Å². The summed E-state index contributed by atoms with van der Waals surface area (Å²) in [6.45, 7) is 6.07. The van der Waals surface area contributed by atoms with Gasteiger partial charge in [0.05, 0.1) is 37.4 Å². The molecule has 0 aromatic rings. The molecule has 0 aromatic heterocycles. The molecule has 0 saturated heterocycles. The molecule has 0 aliphatic rings. The number of carboxylic acid groups (broad SMARTS) is 2. The predicted molar refractivity (Wildman–Crippen MR) is 139 cm³/mol. The molecule has 2 N–H and O–H groups in total.